The van der Waals surface area contributed by atoms with Gasteiger partial charge in [0.15, 0.2) is 0 Å². The highest BCUT2D eigenvalue weighted by Crippen LogP contribution is 2.21. The van der Waals surface area contributed by atoms with Gasteiger partial charge >= 0.3 is 0 Å². The summed E-state index contributed by atoms with van der Waals surface area (Å²) in [5.41, 5.74) is 0.244. The second-order valence-corrected chi connectivity index (χ2v) is 6.47. The van der Waals surface area contributed by atoms with Crippen LogP contribution in [0.5, 0.6) is 0 Å². The van der Waals surface area contributed by atoms with E-state index in [1.807, 2.05) is 13.8 Å². The fourth-order valence-electron chi connectivity index (χ4n) is 2.25. The standard InChI is InChI=1S/C15H24N2O3S/c1-5-16(6-2)15(18)13-11-9-10-12-14(13)21(19,20)17(7-3)8-4/h9-12H,5-8H2,1-4H3. The Labute approximate surface area is 127 Å². The van der Waals surface area contributed by atoms with E-state index in [1.165, 1.54) is 10.4 Å². The lowest BCUT2D eigenvalue weighted by molar-refractivity contribution is 0.0769. The maximum atomic E-state index is 12.7. The van der Waals surface area contributed by atoms with Crippen molar-refractivity contribution < 1.29 is 13.2 Å². The van der Waals surface area contributed by atoms with Crippen molar-refractivity contribution in [3.8, 4) is 0 Å². The Morgan fingerprint density at radius 3 is 1.95 bits per heavy atom. The van der Waals surface area contributed by atoms with Gasteiger partial charge < -0.3 is 4.90 Å². The van der Waals surface area contributed by atoms with Gasteiger partial charge in [-0.1, -0.05) is 26.0 Å². The third-order valence-electron chi connectivity index (χ3n) is 3.49. The third kappa shape index (κ3) is 3.63. The molecule has 0 unspecified atom stereocenters. The number of carbonyl (C=O) groups excluding carboxylic acids is 1. The van der Waals surface area contributed by atoms with Gasteiger partial charge in [0.05, 0.1) is 10.5 Å². The summed E-state index contributed by atoms with van der Waals surface area (Å²) in [7, 11) is -3.64. The van der Waals surface area contributed by atoms with Crippen molar-refractivity contribution in [2.45, 2.75) is 32.6 Å². The molecule has 0 spiro atoms. The summed E-state index contributed by atoms with van der Waals surface area (Å²) in [4.78, 5) is 14.2. The van der Waals surface area contributed by atoms with Crippen LogP contribution in [0.25, 0.3) is 0 Å². The molecule has 21 heavy (non-hydrogen) atoms. The normalized spacial score (nSPS) is 11.7. The first kappa shape index (κ1) is 17.7. The van der Waals surface area contributed by atoms with E-state index in [4.69, 9.17) is 0 Å². The molecule has 0 fully saturated rings. The van der Waals surface area contributed by atoms with E-state index in [1.54, 1.807) is 36.9 Å². The molecule has 0 bridgehead atoms. The van der Waals surface area contributed by atoms with Crippen LogP contribution in [-0.4, -0.2) is 49.7 Å². The lowest BCUT2D eigenvalue weighted by Gasteiger charge is -2.23. The zero-order valence-corrected chi connectivity index (χ0v) is 14.0. The minimum Gasteiger partial charge on any atom is -0.339 e. The number of nitrogens with zero attached hydrogens (tertiary/aromatic N) is 2. The average molecular weight is 312 g/mol. The van der Waals surface area contributed by atoms with Gasteiger partial charge in [-0.3, -0.25) is 4.79 Å². The highest BCUT2D eigenvalue weighted by atomic mass is 32.2. The molecule has 0 aliphatic rings. The van der Waals surface area contributed by atoms with Gasteiger partial charge in [0.25, 0.3) is 5.91 Å². The summed E-state index contributed by atoms with van der Waals surface area (Å²) in [6.45, 7) is 9.20. The Balaban J connectivity index is 3.37. The Bertz CT molecular complexity index is 576. The fourth-order valence-corrected chi connectivity index (χ4v) is 3.89. The summed E-state index contributed by atoms with van der Waals surface area (Å²) >= 11 is 0. The Morgan fingerprint density at radius 2 is 1.48 bits per heavy atom. The molecule has 0 aromatic heterocycles. The van der Waals surface area contributed by atoms with Crippen LogP contribution in [0.4, 0.5) is 0 Å². The van der Waals surface area contributed by atoms with Crippen LogP contribution in [0, 0.1) is 0 Å². The van der Waals surface area contributed by atoms with Crippen LogP contribution in [0.2, 0.25) is 0 Å². The zero-order chi connectivity index (χ0) is 16.0. The molecule has 6 heteroatoms. The van der Waals surface area contributed by atoms with Gasteiger partial charge in [0, 0.05) is 26.2 Å². The number of hydrogen-bond donors (Lipinski definition) is 0. The van der Waals surface area contributed by atoms with E-state index in [9.17, 15) is 13.2 Å². The monoisotopic (exact) mass is 312 g/mol. The minimum atomic E-state index is -3.64. The molecule has 1 amide bonds. The van der Waals surface area contributed by atoms with Gasteiger partial charge in [0.1, 0.15) is 0 Å². The SMILES string of the molecule is CCN(CC)C(=O)c1ccccc1S(=O)(=O)N(CC)CC. The molecule has 0 saturated carbocycles. The van der Waals surface area contributed by atoms with E-state index in [0.717, 1.165) is 0 Å². The molecular formula is C15H24N2O3S. The number of hydrogen-bond acceptors (Lipinski definition) is 3. The summed E-state index contributed by atoms with van der Waals surface area (Å²) in [6.07, 6.45) is 0. The quantitative estimate of drug-likeness (QED) is 0.775. The molecule has 0 N–H and O–H groups in total. The summed E-state index contributed by atoms with van der Waals surface area (Å²) in [5, 5.41) is 0. The molecule has 1 rings (SSSR count). The van der Waals surface area contributed by atoms with Crippen molar-refractivity contribution in [3.63, 3.8) is 0 Å². The third-order valence-corrected chi connectivity index (χ3v) is 5.60. The van der Waals surface area contributed by atoms with Crippen LogP contribution in [-0.2, 0) is 10.0 Å². The van der Waals surface area contributed by atoms with E-state index in [2.05, 4.69) is 0 Å². The molecule has 0 radical (unpaired) electrons. The molecular weight excluding hydrogens is 288 g/mol. The fraction of sp³-hybridized carbons (Fsp3) is 0.533. The number of amides is 1. The predicted octanol–water partition coefficient (Wildman–Crippen LogP) is 2.20. The van der Waals surface area contributed by atoms with E-state index in [-0.39, 0.29) is 16.4 Å². The van der Waals surface area contributed by atoms with Crippen LogP contribution in [0.1, 0.15) is 38.1 Å². The van der Waals surface area contributed by atoms with Gasteiger partial charge in [0.2, 0.25) is 10.0 Å². The maximum Gasteiger partial charge on any atom is 0.255 e. The van der Waals surface area contributed by atoms with E-state index < -0.39 is 10.0 Å². The number of carbonyl (C=O) groups is 1. The first-order valence-corrected chi connectivity index (χ1v) is 8.76. The molecule has 5 nitrogen and oxygen atoms in total. The molecule has 1 aromatic carbocycles. The molecule has 0 saturated heterocycles. The van der Waals surface area contributed by atoms with Gasteiger partial charge in [-0.2, -0.15) is 4.31 Å². The van der Waals surface area contributed by atoms with Crippen molar-refractivity contribution in [1.29, 1.82) is 0 Å². The predicted molar refractivity (Wildman–Crippen MR) is 83.8 cm³/mol. The van der Waals surface area contributed by atoms with Crippen molar-refractivity contribution >= 4 is 15.9 Å². The van der Waals surface area contributed by atoms with Gasteiger partial charge in [-0.05, 0) is 26.0 Å². The highest BCUT2D eigenvalue weighted by molar-refractivity contribution is 7.89. The van der Waals surface area contributed by atoms with Crippen LogP contribution in [0.15, 0.2) is 29.2 Å². The van der Waals surface area contributed by atoms with E-state index in [0.29, 0.717) is 26.2 Å². The Hall–Kier alpha value is -1.40. The van der Waals surface area contributed by atoms with Crippen LogP contribution in [0.3, 0.4) is 0 Å². The Morgan fingerprint density at radius 1 is 0.952 bits per heavy atom. The zero-order valence-electron chi connectivity index (χ0n) is 13.2. The summed E-state index contributed by atoms with van der Waals surface area (Å²) in [6, 6.07) is 6.43. The average Bonchev–Trinajstić information content (AvgIpc) is 2.49. The van der Waals surface area contributed by atoms with Gasteiger partial charge in [-0.15, -0.1) is 0 Å². The Kier molecular flexibility index (Phi) is 6.36. The maximum absolute atomic E-state index is 12.7. The van der Waals surface area contributed by atoms with Crippen molar-refractivity contribution in [2.75, 3.05) is 26.2 Å². The molecule has 0 atom stereocenters. The van der Waals surface area contributed by atoms with Crippen LogP contribution >= 0.6 is 0 Å². The van der Waals surface area contributed by atoms with Gasteiger partial charge in [-0.25, -0.2) is 8.42 Å². The number of sulfonamides is 1. The molecule has 118 valence electrons. The molecule has 0 aliphatic carbocycles. The first-order chi connectivity index (χ1) is 9.93. The van der Waals surface area contributed by atoms with Crippen LogP contribution < -0.4 is 0 Å². The first-order valence-electron chi connectivity index (χ1n) is 7.32. The lowest BCUT2D eigenvalue weighted by Crippen LogP contribution is -2.35. The largest absolute Gasteiger partial charge is 0.339 e. The molecule has 0 heterocycles. The van der Waals surface area contributed by atoms with Crippen molar-refractivity contribution in [2.24, 2.45) is 0 Å². The minimum absolute atomic E-state index is 0.0885. The lowest BCUT2D eigenvalue weighted by atomic mass is 10.2. The second-order valence-electron chi connectivity index (χ2n) is 4.56. The van der Waals surface area contributed by atoms with E-state index >= 15 is 0 Å². The highest BCUT2D eigenvalue weighted by Gasteiger charge is 2.28. The van der Waals surface area contributed by atoms with Crippen molar-refractivity contribution in [3.05, 3.63) is 29.8 Å². The number of rotatable bonds is 7. The molecule has 1 aromatic rings. The smallest absolute Gasteiger partial charge is 0.255 e. The topological polar surface area (TPSA) is 57.7 Å². The van der Waals surface area contributed by atoms with Crippen molar-refractivity contribution in [1.82, 2.24) is 9.21 Å². The molecule has 0 aliphatic heterocycles. The number of benzene rings is 1. The second kappa shape index (κ2) is 7.56. The summed E-state index contributed by atoms with van der Waals surface area (Å²) < 4.78 is 26.7. The summed E-state index contributed by atoms with van der Waals surface area (Å²) in [5.74, 6) is -0.244.